The van der Waals surface area contributed by atoms with Gasteiger partial charge in [-0.15, -0.1) is 0 Å². The minimum Gasteiger partial charge on any atom is -0.497 e. The van der Waals surface area contributed by atoms with Crippen LogP contribution in [0, 0.1) is 0 Å². The molecule has 2 aromatic heterocycles. The summed E-state index contributed by atoms with van der Waals surface area (Å²) in [6.07, 6.45) is 4.21. The van der Waals surface area contributed by atoms with E-state index in [1.807, 2.05) is 32.0 Å². The van der Waals surface area contributed by atoms with Gasteiger partial charge in [-0.3, -0.25) is 4.79 Å². The number of halogens is 2. The van der Waals surface area contributed by atoms with Crippen LogP contribution < -0.4 is 15.0 Å². The minimum atomic E-state index is -2.81. The number of methoxy groups -OCH3 is 1. The zero-order valence-corrected chi connectivity index (χ0v) is 18.7. The molecule has 7 nitrogen and oxygen atoms in total. The maximum atomic E-state index is 14.0. The number of carbonyl (C=O) groups is 1. The average molecular weight is 453 g/mol. The molecule has 0 bridgehead atoms. The van der Waals surface area contributed by atoms with Crippen molar-refractivity contribution in [2.75, 3.05) is 30.4 Å². The predicted molar refractivity (Wildman–Crippen MR) is 122 cm³/mol. The van der Waals surface area contributed by atoms with Crippen LogP contribution in [0.1, 0.15) is 42.4 Å². The zero-order valence-electron chi connectivity index (χ0n) is 18.7. The summed E-state index contributed by atoms with van der Waals surface area (Å²) in [4.78, 5) is 27.4. The number of nitrogens with zero attached hydrogens (tertiary/aromatic N) is 4. The second-order valence-electron chi connectivity index (χ2n) is 8.26. The van der Waals surface area contributed by atoms with E-state index in [9.17, 15) is 13.6 Å². The zero-order chi connectivity index (χ0) is 23.6. The number of carbonyl (C=O) groups excluding carboxylic acids is 1. The fourth-order valence-electron chi connectivity index (χ4n) is 3.70. The lowest BCUT2D eigenvalue weighted by Gasteiger charge is -2.23. The number of alkyl halides is 2. The molecule has 172 valence electrons. The molecule has 0 spiro atoms. The molecule has 9 heteroatoms. The molecule has 3 aromatic rings. The summed E-state index contributed by atoms with van der Waals surface area (Å²) >= 11 is 0. The highest BCUT2D eigenvalue weighted by Gasteiger charge is 2.40. The monoisotopic (exact) mass is 453 g/mol. The summed E-state index contributed by atoms with van der Waals surface area (Å²) in [7, 11) is 1.56. The summed E-state index contributed by atoms with van der Waals surface area (Å²) in [5.74, 6) is -1.58. The number of ether oxygens (including phenoxy) is 1. The first-order valence-electron chi connectivity index (χ1n) is 10.7. The van der Waals surface area contributed by atoms with Crippen molar-refractivity contribution in [3.8, 4) is 16.9 Å². The SMILES string of the molecule is COc1cccc(-c2ccnc(N3CCC(F)(F)C3)c2NC(=O)c2cnc(C(C)C)nc2)c1. The fourth-order valence-corrected chi connectivity index (χ4v) is 3.70. The number of benzene rings is 1. The van der Waals surface area contributed by atoms with E-state index < -0.39 is 18.4 Å². The Kier molecular flexibility index (Phi) is 6.22. The lowest BCUT2D eigenvalue weighted by molar-refractivity contribution is 0.0257. The lowest BCUT2D eigenvalue weighted by atomic mass is 10.0. The molecule has 1 saturated heterocycles. The van der Waals surface area contributed by atoms with Crippen molar-refractivity contribution in [3.63, 3.8) is 0 Å². The number of anilines is 2. The van der Waals surface area contributed by atoms with Crippen LogP contribution in [0.25, 0.3) is 11.1 Å². The van der Waals surface area contributed by atoms with Gasteiger partial charge in [0.2, 0.25) is 0 Å². The van der Waals surface area contributed by atoms with E-state index in [4.69, 9.17) is 4.74 Å². The van der Waals surface area contributed by atoms with Crippen LogP contribution >= 0.6 is 0 Å². The number of nitrogens with one attached hydrogen (secondary N) is 1. The van der Waals surface area contributed by atoms with E-state index in [2.05, 4.69) is 20.3 Å². The van der Waals surface area contributed by atoms with Crippen LogP contribution in [-0.4, -0.2) is 47.0 Å². The summed E-state index contributed by atoms with van der Waals surface area (Å²) in [6.45, 7) is 3.60. The molecular formula is C24H25F2N5O2. The Morgan fingerprint density at radius 1 is 1.18 bits per heavy atom. The molecule has 33 heavy (non-hydrogen) atoms. The molecule has 1 aliphatic rings. The number of pyridine rings is 1. The van der Waals surface area contributed by atoms with Gasteiger partial charge in [0.25, 0.3) is 11.8 Å². The molecule has 0 atom stereocenters. The number of rotatable bonds is 6. The van der Waals surface area contributed by atoms with Crippen molar-refractivity contribution in [2.24, 2.45) is 0 Å². The largest absolute Gasteiger partial charge is 0.497 e. The molecule has 1 N–H and O–H groups in total. The predicted octanol–water partition coefficient (Wildman–Crippen LogP) is 4.77. The molecular weight excluding hydrogens is 428 g/mol. The van der Waals surface area contributed by atoms with Crippen molar-refractivity contribution in [3.05, 3.63) is 60.3 Å². The van der Waals surface area contributed by atoms with Gasteiger partial charge in [0.15, 0.2) is 5.82 Å². The Morgan fingerprint density at radius 2 is 1.94 bits per heavy atom. The molecule has 0 aliphatic carbocycles. The van der Waals surface area contributed by atoms with Crippen molar-refractivity contribution in [2.45, 2.75) is 32.1 Å². The van der Waals surface area contributed by atoms with Gasteiger partial charge in [0.05, 0.1) is 24.9 Å². The van der Waals surface area contributed by atoms with Crippen LogP contribution in [0.2, 0.25) is 0 Å². The summed E-state index contributed by atoms with van der Waals surface area (Å²) in [5.41, 5.74) is 2.01. The first kappa shape index (κ1) is 22.6. The third-order valence-corrected chi connectivity index (χ3v) is 5.47. The molecule has 3 heterocycles. The highest BCUT2D eigenvalue weighted by molar-refractivity contribution is 6.08. The van der Waals surface area contributed by atoms with Gasteiger partial charge in [-0.05, 0) is 23.8 Å². The van der Waals surface area contributed by atoms with E-state index in [-0.39, 0.29) is 24.4 Å². The normalized spacial score (nSPS) is 15.0. The Bertz CT molecular complexity index is 1150. The first-order chi connectivity index (χ1) is 15.8. The first-order valence-corrected chi connectivity index (χ1v) is 10.7. The highest BCUT2D eigenvalue weighted by atomic mass is 19.3. The van der Waals surface area contributed by atoms with Gasteiger partial charge >= 0.3 is 0 Å². The maximum absolute atomic E-state index is 14.0. The Hall–Kier alpha value is -3.62. The molecule has 1 amide bonds. The Balaban J connectivity index is 1.75. The molecule has 1 fully saturated rings. The topological polar surface area (TPSA) is 80.2 Å². The van der Waals surface area contributed by atoms with E-state index in [0.717, 1.165) is 5.56 Å². The molecule has 1 aromatic carbocycles. The molecule has 0 unspecified atom stereocenters. The summed E-state index contributed by atoms with van der Waals surface area (Å²) < 4.78 is 33.3. The van der Waals surface area contributed by atoms with Crippen LogP contribution in [0.4, 0.5) is 20.3 Å². The van der Waals surface area contributed by atoms with E-state index in [1.54, 1.807) is 25.4 Å². The van der Waals surface area contributed by atoms with Crippen molar-refractivity contribution in [1.29, 1.82) is 0 Å². The van der Waals surface area contributed by atoms with Crippen LogP contribution in [0.15, 0.2) is 48.9 Å². The second-order valence-corrected chi connectivity index (χ2v) is 8.26. The van der Waals surface area contributed by atoms with Gasteiger partial charge < -0.3 is 15.0 Å². The van der Waals surface area contributed by atoms with Gasteiger partial charge in [-0.1, -0.05) is 26.0 Å². The molecule has 1 aliphatic heterocycles. The van der Waals surface area contributed by atoms with Gasteiger partial charge in [0, 0.05) is 43.0 Å². The van der Waals surface area contributed by atoms with Crippen LogP contribution in [0.5, 0.6) is 5.75 Å². The fraction of sp³-hybridized carbons (Fsp3) is 0.333. The van der Waals surface area contributed by atoms with Gasteiger partial charge in [-0.25, -0.2) is 23.7 Å². The smallest absolute Gasteiger partial charge is 0.266 e. The summed E-state index contributed by atoms with van der Waals surface area (Å²) in [6, 6.07) is 9.03. The number of hydrogen-bond acceptors (Lipinski definition) is 6. The Morgan fingerprint density at radius 3 is 2.58 bits per heavy atom. The van der Waals surface area contributed by atoms with Crippen molar-refractivity contribution in [1.82, 2.24) is 15.0 Å². The Labute approximate surface area is 190 Å². The average Bonchev–Trinajstić information content (AvgIpc) is 3.18. The quantitative estimate of drug-likeness (QED) is 0.579. The minimum absolute atomic E-state index is 0.128. The number of amides is 1. The standard InChI is InChI=1S/C24H25F2N5O2/c1-15(2)21-28-12-17(13-29-21)23(32)30-20-19(16-5-4-6-18(11-16)33-3)7-9-27-22(20)31-10-8-24(25,26)14-31/h4-7,9,11-13,15H,8,10,14H2,1-3H3,(H,30,32). The second kappa shape index (κ2) is 9.09. The van der Waals surface area contributed by atoms with Crippen LogP contribution in [0.3, 0.4) is 0 Å². The summed E-state index contributed by atoms with van der Waals surface area (Å²) in [5, 5.41) is 2.88. The van der Waals surface area contributed by atoms with E-state index in [1.165, 1.54) is 17.3 Å². The number of hydrogen-bond donors (Lipinski definition) is 1. The van der Waals surface area contributed by atoms with Crippen molar-refractivity contribution < 1.29 is 18.3 Å². The maximum Gasteiger partial charge on any atom is 0.266 e. The molecule has 0 radical (unpaired) electrons. The van der Waals surface area contributed by atoms with Gasteiger partial charge in [-0.2, -0.15) is 0 Å². The third kappa shape index (κ3) is 4.92. The third-order valence-electron chi connectivity index (χ3n) is 5.47. The molecule has 0 saturated carbocycles. The highest BCUT2D eigenvalue weighted by Crippen LogP contribution is 2.39. The van der Waals surface area contributed by atoms with Crippen LogP contribution in [-0.2, 0) is 0 Å². The van der Waals surface area contributed by atoms with E-state index >= 15 is 0 Å². The van der Waals surface area contributed by atoms with E-state index in [0.29, 0.717) is 28.6 Å². The van der Waals surface area contributed by atoms with Crippen molar-refractivity contribution >= 4 is 17.4 Å². The number of aromatic nitrogens is 3. The lowest BCUT2D eigenvalue weighted by Crippen LogP contribution is -2.27. The molecule has 4 rings (SSSR count). The van der Waals surface area contributed by atoms with Gasteiger partial charge in [0.1, 0.15) is 11.6 Å².